The van der Waals surface area contributed by atoms with Crippen LogP contribution < -0.4 is 22.1 Å². The molecular weight excluding hydrogens is 1630 g/mol. The molecule has 0 bridgehead atoms. The predicted octanol–water partition coefficient (Wildman–Crippen LogP) is 16.7. The second kappa shape index (κ2) is 27.3. The summed E-state index contributed by atoms with van der Waals surface area (Å²) in [7, 11) is -8.47. The fourth-order valence-corrected chi connectivity index (χ4v) is 6.53. The number of halogens is 54. The maximum Gasteiger partial charge on any atom is 0.488 e. The van der Waals surface area contributed by atoms with E-state index in [9.17, 15) is 256 Å². The maximum absolute atomic E-state index is 13.8. The van der Waals surface area contributed by atoms with Crippen molar-refractivity contribution < 1.29 is 275 Å². The van der Waals surface area contributed by atoms with Crippen molar-refractivity contribution in [2.45, 2.75) is 180 Å². The molecule has 10 nitrogen and oxygen atoms in total. The van der Waals surface area contributed by atoms with E-state index < -0.39 is 209 Å². The smallest absolute Gasteiger partial charge is 0.488 e. The van der Waals surface area contributed by atoms with Crippen LogP contribution in [0.4, 0.5) is 237 Å². The van der Waals surface area contributed by atoms with E-state index in [4.69, 9.17) is 10.2 Å². The molecule has 0 saturated carbocycles. The Kier molecular flexibility index (Phi) is 28.0. The molecule has 0 rings (SSSR count). The van der Waals surface area contributed by atoms with E-state index in [0.29, 0.717) is 0 Å². The van der Waals surface area contributed by atoms with Crippen molar-refractivity contribution in [2.24, 2.45) is 0 Å². The largest absolute Gasteiger partial charge is 0.566 e. The van der Waals surface area contributed by atoms with Gasteiger partial charge in [-0.25, -0.2) is 8.78 Å². The summed E-state index contributed by atoms with van der Waals surface area (Å²) in [5.74, 6) is -186. The van der Waals surface area contributed by atoms with E-state index in [1.165, 1.54) is 0 Å². The van der Waals surface area contributed by atoms with Crippen molar-refractivity contribution in [3.63, 3.8) is 0 Å². The van der Waals surface area contributed by atoms with Gasteiger partial charge in [0.2, 0.25) is 0 Å². The average Bonchev–Trinajstić information content (AvgIpc) is 0.686. The lowest BCUT2D eigenvalue weighted by Gasteiger charge is -2.46. The van der Waals surface area contributed by atoms with Crippen LogP contribution in [0.2, 0.25) is 0 Å². The SMILES string of the molecule is O=[P+]([O-])OCC(O)CC(F)(F)C(F)(F)C(F)(F)C(F)(F)C(F)(F)C(F)(F)C(F)(F)C(F)(F)C(F)(F)C(F)(F)C(F)(C(F)(F)F)C(F)(F)F.O=[P+]([O-])OCC(O)CC(F)(F)C(F)(F)C(F)(F)C(F)(F)C(F)(F)C(F)(F)C(F)(F)C(F)(F)C(F)(F)C(F)(F)C(F)(C(F)(F)F)C(F)(F)F.[NH4+].[NH4+]. The second-order valence-corrected chi connectivity index (χ2v) is 19.2. The summed E-state index contributed by atoms with van der Waals surface area (Å²) in [6, 6.07) is 0. The fraction of sp³-hybridized carbons (Fsp3) is 1.00. The first-order valence-electron chi connectivity index (χ1n) is 20.7. The lowest BCUT2D eigenvalue weighted by Crippen LogP contribution is -2.79. The molecule has 10 N–H and O–H groups in total. The third-order valence-corrected chi connectivity index (χ3v) is 12.1. The molecule has 0 fully saturated rings. The summed E-state index contributed by atoms with van der Waals surface area (Å²) in [5.41, 5.74) is -18.5. The molecule has 0 amide bonds. The van der Waals surface area contributed by atoms with Gasteiger partial charge >= 0.3 is 171 Å². The highest BCUT2D eigenvalue weighted by Gasteiger charge is 3.04. The first-order chi connectivity index (χ1) is 40.6. The number of aliphatic hydroxyl groups is 2. The molecule has 98 heavy (non-hydrogen) atoms. The molecule has 592 valence electrons. The van der Waals surface area contributed by atoms with Crippen LogP contribution >= 0.6 is 16.5 Å². The van der Waals surface area contributed by atoms with Gasteiger partial charge in [0.05, 0.1) is 12.2 Å². The Balaban J connectivity index is -0.000000884. The molecule has 0 aromatic carbocycles. The average molecular weight is 1650 g/mol. The Labute approximate surface area is 497 Å². The summed E-state index contributed by atoms with van der Waals surface area (Å²) in [5, 5.41) is 17.7. The van der Waals surface area contributed by atoms with Gasteiger partial charge < -0.3 is 32.3 Å². The lowest BCUT2D eigenvalue weighted by atomic mass is 9.81. The Hall–Kier alpha value is -3.90. The fourth-order valence-electron chi connectivity index (χ4n) is 5.95. The lowest BCUT2D eigenvalue weighted by molar-refractivity contribution is -0.487. The first-order valence-corrected chi connectivity index (χ1v) is 22.9. The Morgan fingerprint density at radius 3 is 0.459 bits per heavy atom. The van der Waals surface area contributed by atoms with Crippen LogP contribution in [0.3, 0.4) is 0 Å². The van der Waals surface area contributed by atoms with Crippen molar-refractivity contribution in [1.82, 2.24) is 12.3 Å². The van der Waals surface area contributed by atoms with Crippen LogP contribution in [-0.2, 0) is 18.2 Å². The molecule has 0 aliphatic heterocycles. The minimum atomic E-state index is -9.91. The van der Waals surface area contributed by atoms with Crippen LogP contribution in [-0.4, -0.2) is 190 Å². The predicted molar refractivity (Wildman–Crippen MR) is 191 cm³/mol. The Morgan fingerprint density at radius 2 is 0.347 bits per heavy atom. The van der Waals surface area contributed by atoms with Gasteiger partial charge in [0.15, 0.2) is 0 Å². The van der Waals surface area contributed by atoms with Gasteiger partial charge in [0, 0.05) is 12.8 Å². The molecule has 0 spiro atoms. The Morgan fingerprint density at radius 1 is 0.235 bits per heavy atom. The number of hydrogen-bond acceptors (Lipinski definition) is 8. The van der Waals surface area contributed by atoms with Crippen molar-refractivity contribution in [2.75, 3.05) is 13.2 Å². The molecule has 0 aliphatic carbocycles. The maximum atomic E-state index is 13.8. The molecule has 0 aromatic heterocycles. The molecule has 4 atom stereocenters. The molecule has 0 aromatic rings. The van der Waals surface area contributed by atoms with Crippen molar-refractivity contribution >= 4 is 16.5 Å². The zero-order chi connectivity index (χ0) is 79.6. The first kappa shape index (κ1) is 100. The van der Waals surface area contributed by atoms with Crippen LogP contribution in [0.15, 0.2) is 0 Å². The minimum Gasteiger partial charge on any atom is -0.566 e. The molecule has 0 heterocycles. The third-order valence-electron chi connectivity index (χ3n) is 11.4. The summed E-state index contributed by atoms with van der Waals surface area (Å²) in [6.45, 7) is -4.41. The van der Waals surface area contributed by atoms with Gasteiger partial charge in [-0.1, -0.05) is 0 Å². The van der Waals surface area contributed by atoms with Crippen LogP contribution in [0.25, 0.3) is 0 Å². The summed E-state index contributed by atoms with van der Waals surface area (Å²) < 4.78 is 752. The van der Waals surface area contributed by atoms with Crippen molar-refractivity contribution in [1.29, 1.82) is 0 Å². The van der Waals surface area contributed by atoms with Gasteiger partial charge in [-0.3, -0.25) is 0 Å². The van der Waals surface area contributed by atoms with E-state index in [1.54, 1.807) is 0 Å². The number of alkyl halides is 54. The molecule has 0 radical (unpaired) electrons. The van der Waals surface area contributed by atoms with Crippen LogP contribution in [0, 0.1) is 0 Å². The number of hydrogen-bond donors (Lipinski definition) is 4. The number of quaternary nitrogens is 2. The van der Waals surface area contributed by atoms with Gasteiger partial charge in [-0.05, 0) is 9.13 Å². The summed E-state index contributed by atoms with van der Waals surface area (Å²) in [4.78, 5) is 20.1. The molecular formula is C32H20F54N2O8P2+2. The van der Waals surface area contributed by atoms with Gasteiger partial charge in [-0.2, -0.15) is 228 Å². The van der Waals surface area contributed by atoms with E-state index in [2.05, 4.69) is 9.05 Å². The number of rotatable bonds is 30. The zero-order valence-electron chi connectivity index (χ0n) is 43.6. The molecule has 4 unspecified atom stereocenters. The molecule has 66 heteroatoms. The highest BCUT2D eigenvalue weighted by Crippen LogP contribution is 2.72. The van der Waals surface area contributed by atoms with E-state index >= 15 is 0 Å². The standard InChI is InChI=1S/2C16H6F27O4P.2H3N/c2*17-4(18,1-3(44)2-47-48(45)46)6(20,21)8(24,25)10(28,29)12(32,33)14(36,37)13(34,35)11(30,31)9(26,27)7(22,23)5(19,15(38,39)40)16(41,42)43;;/h2*3,44H,1-2H2;2*1H3/p+2. The Bertz CT molecular complexity index is 2510. The van der Waals surface area contributed by atoms with Crippen molar-refractivity contribution in [3.05, 3.63) is 0 Å². The minimum absolute atomic E-state index is 0. The monoisotopic (exact) mass is 1650 g/mol. The van der Waals surface area contributed by atoms with Crippen molar-refractivity contribution in [3.8, 4) is 0 Å². The van der Waals surface area contributed by atoms with Crippen LogP contribution in [0.1, 0.15) is 12.8 Å². The van der Waals surface area contributed by atoms with Gasteiger partial charge in [0.1, 0.15) is 13.2 Å². The van der Waals surface area contributed by atoms with Gasteiger partial charge in [-0.15, -0.1) is 9.05 Å². The summed E-state index contributed by atoms with van der Waals surface area (Å²) >= 11 is 0. The number of aliphatic hydroxyl groups excluding tert-OH is 2. The molecule has 0 aliphatic rings. The normalized spacial score (nSPS) is 17.1. The van der Waals surface area contributed by atoms with Crippen LogP contribution in [0.5, 0.6) is 0 Å². The zero-order valence-corrected chi connectivity index (χ0v) is 45.4. The highest BCUT2D eigenvalue weighted by atomic mass is 31.1. The van der Waals surface area contributed by atoms with E-state index in [0.717, 1.165) is 0 Å². The highest BCUT2D eigenvalue weighted by molar-refractivity contribution is 7.30. The second-order valence-electron chi connectivity index (χ2n) is 17.8. The summed E-state index contributed by atoms with van der Waals surface area (Å²) in [6.07, 6.45) is -49.2. The van der Waals surface area contributed by atoms with E-state index in [-0.39, 0.29) is 12.3 Å². The topological polar surface area (TPSA) is 212 Å². The van der Waals surface area contributed by atoms with Gasteiger partial charge in [0.25, 0.3) is 0 Å². The molecule has 0 saturated heterocycles. The third kappa shape index (κ3) is 14.2. The van der Waals surface area contributed by atoms with E-state index in [1.807, 2.05) is 0 Å². The quantitative estimate of drug-likeness (QED) is 0.0400.